The fraction of sp³-hybridized carbons (Fsp3) is 0.750. The van der Waals surface area contributed by atoms with Crippen molar-refractivity contribution in [3.8, 4) is 0 Å². The zero-order valence-corrected chi connectivity index (χ0v) is 16.1. The number of carbonyl (C=O) groups is 3. The van der Waals surface area contributed by atoms with Crippen LogP contribution in [-0.2, 0) is 19.1 Å². The number of nitrogens with zero attached hydrogens (tertiary/aromatic N) is 2. The maximum Gasteiger partial charge on any atom is 0.437 e. The highest BCUT2D eigenvalue weighted by Gasteiger charge is 2.29. The zero-order chi connectivity index (χ0) is 20.0. The average molecular weight is 372 g/mol. The molecule has 1 aliphatic rings. The van der Waals surface area contributed by atoms with Crippen molar-refractivity contribution in [3.63, 3.8) is 0 Å². The van der Waals surface area contributed by atoms with Crippen molar-refractivity contribution in [2.45, 2.75) is 65.3 Å². The molecule has 0 bridgehead atoms. The van der Waals surface area contributed by atoms with E-state index in [2.05, 4.69) is 15.8 Å². The fourth-order valence-corrected chi connectivity index (χ4v) is 2.08. The van der Waals surface area contributed by atoms with Crippen molar-refractivity contribution in [3.05, 3.63) is 0 Å². The Morgan fingerprint density at radius 2 is 1.73 bits per heavy atom. The number of rotatable bonds is 3. The van der Waals surface area contributed by atoms with E-state index in [0.29, 0.717) is 25.9 Å². The Morgan fingerprint density at radius 3 is 2.27 bits per heavy atom. The molecule has 1 saturated heterocycles. The molecule has 2 N–H and O–H groups in total. The molecule has 1 aliphatic heterocycles. The van der Waals surface area contributed by atoms with Crippen molar-refractivity contribution in [2.75, 3.05) is 13.1 Å². The van der Waals surface area contributed by atoms with Crippen LogP contribution in [0, 0.1) is 0 Å². The van der Waals surface area contributed by atoms with Gasteiger partial charge in [0.1, 0.15) is 17.3 Å². The highest BCUT2D eigenvalue weighted by Crippen LogP contribution is 2.14. The van der Waals surface area contributed by atoms with Crippen molar-refractivity contribution in [2.24, 2.45) is 4.99 Å². The minimum absolute atomic E-state index is 0.00528. The maximum atomic E-state index is 12.1. The Labute approximate surface area is 153 Å². The van der Waals surface area contributed by atoms with Crippen LogP contribution in [0.25, 0.3) is 0 Å². The molecule has 1 fully saturated rings. The van der Waals surface area contributed by atoms with Crippen LogP contribution in [0.5, 0.6) is 0 Å². The van der Waals surface area contributed by atoms with Crippen LogP contribution in [0.3, 0.4) is 0 Å². The summed E-state index contributed by atoms with van der Waals surface area (Å²) >= 11 is 0. The number of nitrogens with one attached hydrogen (secondary N) is 2. The van der Waals surface area contributed by atoms with Crippen LogP contribution in [0.2, 0.25) is 0 Å². The summed E-state index contributed by atoms with van der Waals surface area (Å²) in [5, 5.41) is 2.48. The third-order valence-electron chi connectivity index (χ3n) is 2.93. The third-order valence-corrected chi connectivity index (χ3v) is 2.93. The summed E-state index contributed by atoms with van der Waals surface area (Å²) in [5.41, 5.74) is 0.720. The summed E-state index contributed by atoms with van der Waals surface area (Å²) in [6, 6.07) is 0. The quantitative estimate of drug-likeness (QED) is 0.334. The standard InChI is InChI=1S/C16H28N4O6/c1-15(2,3)24-13(22)18-12(19-14(23)25-16(4,5)6)20-8-7-11(9-20)26-17-10-21/h10-11H,7-9H2,1-6H3,(H,17,21)(H,18,19,22,23). The number of ether oxygens (including phenoxy) is 2. The van der Waals surface area contributed by atoms with Crippen LogP contribution in [0.1, 0.15) is 48.0 Å². The summed E-state index contributed by atoms with van der Waals surface area (Å²) in [4.78, 5) is 45.0. The molecule has 1 atom stereocenters. The van der Waals surface area contributed by atoms with Gasteiger partial charge >= 0.3 is 12.2 Å². The van der Waals surface area contributed by atoms with Crippen molar-refractivity contribution in [1.82, 2.24) is 15.7 Å². The van der Waals surface area contributed by atoms with Gasteiger partial charge in [0.15, 0.2) is 0 Å². The number of amides is 3. The molecule has 0 aromatic heterocycles. The fourth-order valence-electron chi connectivity index (χ4n) is 2.08. The number of hydroxylamine groups is 1. The number of alkyl carbamates (subject to hydrolysis) is 1. The molecule has 1 rings (SSSR count). The van der Waals surface area contributed by atoms with E-state index >= 15 is 0 Å². The van der Waals surface area contributed by atoms with E-state index in [9.17, 15) is 14.4 Å². The number of aliphatic imine (C=N–C) groups is 1. The van der Waals surface area contributed by atoms with Crippen molar-refractivity contribution >= 4 is 24.6 Å². The molecule has 3 amide bonds. The SMILES string of the molecule is CC(C)(C)OC(=O)/N=C(/NC(=O)OC(C)(C)C)N1CCC(ONC=O)C1. The summed E-state index contributed by atoms with van der Waals surface area (Å²) in [6.07, 6.45) is -0.875. The number of carbonyl (C=O) groups excluding carboxylic acids is 3. The predicted octanol–water partition coefficient (Wildman–Crippen LogP) is 1.55. The Hall–Kier alpha value is -2.36. The van der Waals surface area contributed by atoms with Gasteiger partial charge in [-0.05, 0) is 48.0 Å². The molecule has 1 unspecified atom stereocenters. The molecule has 0 aliphatic carbocycles. The van der Waals surface area contributed by atoms with Crippen LogP contribution in [0.4, 0.5) is 9.59 Å². The molecule has 10 nitrogen and oxygen atoms in total. The summed E-state index contributed by atoms with van der Waals surface area (Å²) in [5.74, 6) is 0.00528. The first kappa shape index (κ1) is 21.7. The van der Waals surface area contributed by atoms with E-state index in [-0.39, 0.29) is 12.1 Å². The molecule has 0 spiro atoms. The van der Waals surface area contributed by atoms with Gasteiger partial charge in [-0.15, -0.1) is 4.99 Å². The molecule has 1 heterocycles. The largest absolute Gasteiger partial charge is 0.444 e. The van der Waals surface area contributed by atoms with Gasteiger partial charge in [0, 0.05) is 13.1 Å². The second-order valence-corrected chi connectivity index (χ2v) is 7.75. The van der Waals surface area contributed by atoms with E-state index in [4.69, 9.17) is 14.3 Å². The van der Waals surface area contributed by atoms with E-state index in [1.807, 2.05) is 0 Å². The topological polar surface area (TPSA) is 119 Å². The monoisotopic (exact) mass is 372 g/mol. The molecule has 0 radical (unpaired) electrons. The number of guanidine groups is 1. The second-order valence-electron chi connectivity index (χ2n) is 7.75. The van der Waals surface area contributed by atoms with Crippen LogP contribution in [0.15, 0.2) is 4.99 Å². The summed E-state index contributed by atoms with van der Waals surface area (Å²) < 4.78 is 10.4. The molecule has 148 valence electrons. The van der Waals surface area contributed by atoms with Gasteiger partial charge in [0.05, 0.1) is 0 Å². The first-order chi connectivity index (χ1) is 11.9. The summed E-state index contributed by atoms with van der Waals surface area (Å²) in [6.45, 7) is 11.1. The first-order valence-corrected chi connectivity index (χ1v) is 8.31. The maximum absolute atomic E-state index is 12.1. The van der Waals surface area contributed by atoms with E-state index in [1.54, 1.807) is 46.4 Å². The van der Waals surface area contributed by atoms with Crippen LogP contribution < -0.4 is 10.8 Å². The van der Waals surface area contributed by atoms with Gasteiger partial charge in [-0.1, -0.05) is 0 Å². The lowest BCUT2D eigenvalue weighted by Gasteiger charge is -2.24. The Kier molecular flexibility index (Phi) is 7.37. The average Bonchev–Trinajstić information content (AvgIpc) is 2.89. The van der Waals surface area contributed by atoms with E-state index in [0.717, 1.165) is 0 Å². The highest BCUT2D eigenvalue weighted by molar-refractivity contribution is 5.99. The number of likely N-dealkylation sites (tertiary alicyclic amines) is 1. The number of hydrogen-bond donors (Lipinski definition) is 2. The number of hydrogen-bond acceptors (Lipinski definition) is 6. The van der Waals surface area contributed by atoms with E-state index in [1.165, 1.54) is 0 Å². The predicted molar refractivity (Wildman–Crippen MR) is 93.3 cm³/mol. The molecule has 10 heteroatoms. The van der Waals surface area contributed by atoms with Gasteiger partial charge < -0.3 is 14.4 Å². The molecular weight excluding hydrogens is 344 g/mol. The highest BCUT2D eigenvalue weighted by atomic mass is 16.7. The molecule has 0 aromatic carbocycles. The van der Waals surface area contributed by atoms with Gasteiger partial charge in [-0.25, -0.2) is 15.1 Å². The Balaban J connectivity index is 2.86. The van der Waals surface area contributed by atoms with Crippen LogP contribution >= 0.6 is 0 Å². The lowest BCUT2D eigenvalue weighted by molar-refractivity contribution is -0.124. The lowest BCUT2D eigenvalue weighted by atomic mass is 10.2. The van der Waals surface area contributed by atoms with Crippen LogP contribution in [-0.4, -0.2) is 59.9 Å². The molecule has 0 saturated carbocycles. The lowest BCUT2D eigenvalue weighted by Crippen LogP contribution is -2.46. The van der Waals surface area contributed by atoms with Gasteiger partial charge in [-0.3, -0.25) is 14.9 Å². The molecular formula is C16H28N4O6. The molecule has 26 heavy (non-hydrogen) atoms. The van der Waals surface area contributed by atoms with Gasteiger partial charge in [0.2, 0.25) is 12.4 Å². The summed E-state index contributed by atoms with van der Waals surface area (Å²) in [7, 11) is 0. The van der Waals surface area contributed by atoms with Crippen molar-refractivity contribution < 1.29 is 28.7 Å². The van der Waals surface area contributed by atoms with E-state index < -0.39 is 23.4 Å². The third kappa shape index (κ3) is 8.65. The molecule has 0 aromatic rings. The van der Waals surface area contributed by atoms with Gasteiger partial charge in [-0.2, -0.15) is 0 Å². The van der Waals surface area contributed by atoms with Crippen molar-refractivity contribution in [1.29, 1.82) is 0 Å². The zero-order valence-electron chi connectivity index (χ0n) is 16.1. The Bertz CT molecular complexity index is 550. The van der Waals surface area contributed by atoms with Gasteiger partial charge in [0.25, 0.3) is 0 Å². The Morgan fingerprint density at radius 1 is 1.12 bits per heavy atom. The smallest absolute Gasteiger partial charge is 0.437 e. The minimum atomic E-state index is -0.834. The minimum Gasteiger partial charge on any atom is -0.444 e. The second kappa shape index (κ2) is 8.84. The first-order valence-electron chi connectivity index (χ1n) is 8.31. The normalized spacial score (nSPS) is 18.3.